The Balaban J connectivity index is 1.58. The van der Waals surface area contributed by atoms with Gasteiger partial charge in [0.25, 0.3) is 0 Å². The van der Waals surface area contributed by atoms with Crippen molar-refractivity contribution in [1.82, 2.24) is 19.9 Å². The second-order valence-electron chi connectivity index (χ2n) is 6.75. The number of benzene rings is 1. The molecular weight excluding hydrogens is 336 g/mol. The van der Waals surface area contributed by atoms with Crippen LogP contribution in [0.5, 0.6) is 5.88 Å². The van der Waals surface area contributed by atoms with Gasteiger partial charge in [-0.1, -0.05) is 24.1 Å². The molecule has 27 heavy (non-hydrogen) atoms. The van der Waals surface area contributed by atoms with Gasteiger partial charge >= 0.3 is 0 Å². The maximum Gasteiger partial charge on any atom is 0.249 e. The fraction of sp³-hybridized carbons (Fsp3) is 0.318. The number of ether oxygens (including phenoxy) is 1. The van der Waals surface area contributed by atoms with Crippen molar-refractivity contribution in [2.45, 2.75) is 25.3 Å². The number of rotatable bonds is 4. The number of aromatic nitrogens is 3. The fourth-order valence-electron chi connectivity index (χ4n) is 3.35. The Bertz CT molecular complexity index is 978. The minimum Gasteiger partial charge on any atom is -0.476 e. The van der Waals surface area contributed by atoms with Gasteiger partial charge in [0, 0.05) is 17.8 Å². The first-order valence-electron chi connectivity index (χ1n) is 9.32. The topological polar surface area (TPSA) is 51.1 Å². The lowest BCUT2D eigenvalue weighted by atomic mass is 10.1. The Hall–Kier alpha value is -2.97. The molecule has 1 aromatic carbocycles. The van der Waals surface area contributed by atoms with E-state index in [4.69, 9.17) is 4.74 Å². The molecule has 0 spiro atoms. The molecule has 1 unspecified atom stereocenters. The molecule has 1 saturated heterocycles. The second kappa shape index (κ2) is 8.15. The molecule has 1 aliphatic heterocycles. The zero-order chi connectivity index (χ0) is 18.5. The Morgan fingerprint density at radius 3 is 2.81 bits per heavy atom. The highest BCUT2D eigenvalue weighted by molar-refractivity contribution is 5.71. The first kappa shape index (κ1) is 17.4. The summed E-state index contributed by atoms with van der Waals surface area (Å²) in [4.78, 5) is 15.9. The third-order valence-corrected chi connectivity index (χ3v) is 4.87. The molecule has 3 aromatic rings. The van der Waals surface area contributed by atoms with E-state index in [9.17, 15) is 0 Å². The van der Waals surface area contributed by atoms with E-state index in [0.29, 0.717) is 29.9 Å². The number of likely N-dealkylation sites (tertiary alicyclic amines) is 1. The van der Waals surface area contributed by atoms with E-state index in [1.807, 2.05) is 42.5 Å². The van der Waals surface area contributed by atoms with Crippen molar-refractivity contribution >= 4 is 11.2 Å². The lowest BCUT2D eigenvalue weighted by Gasteiger charge is -2.19. The molecular formula is C22H22N4O. The average Bonchev–Trinajstić information content (AvgIpc) is 3.12. The molecule has 0 aliphatic carbocycles. The van der Waals surface area contributed by atoms with E-state index < -0.39 is 0 Å². The van der Waals surface area contributed by atoms with Crippen LogP contribution in [-0.2, 0) is 0 Å². The Kier molecular flexibility index (Phi) is 5.27. The minimum absolute atomic E-state index is 0.486. The van der Waals surface area contributed by atoms with Crippen molar-refractivity contribution in [3.63, 3.8) is 0 Å². The molecule has 0 saturated carbocycles. The molecule has 136 valence electrons. The van der Waals surface area contributed by atoms with Crippen molar-refractivity contribution < 1.29 is 4.74 Å². The summed E-state index contributed by atoms with van der Waals surface area (Å²) in [6, 6.07) is 14.2. The van der Waals surface area contributed by atoms with Gasteiger partial charge in [0.1, 0.15) is 5.52 Å². The van der Waals surface area contributed by atoms with Crippen molar-refractivity contribution in [1.29, 1.82) is 0 Å². The van der Waals surface area contributed by atoms with Crippen LogP contribution in [0.1, 0.15) is 30.5 Å². The molecule has 3 heterocycles. The van der Waals surface area contributed by atoms with Crippen LogP contribution >= 0.6 is 0 Å². The molecule has 4 rings (SSSR count). The van der Waals surface area contributed by atoms with Crippen LogP contribution in [-0.4, -0.2) is 46.1 Å². The normalized spacial score (nSPS) is 16.9. The summed E-state index contributed by atoms with van der Waals surface area (Å²) in [5.74, 6) is 6.73. The molecule has 0 radical (unpaired) electrons. The molecule has 2 aromatic heterocycles. The lowest BCUT2D eigenvalue weighted by molar-refractivity contribution is 0.228. The SMILES string of the molecule is CN1CCCC1CCOc1nc2cccnc2nc1C#Cc1ccccc1. The summed E-state index contributed by atoms with van der Waals surface area (Å²) in [6.07, 6.45) is 5.18. The lowest BCUT2D eigenvalue weighted by Crippen LogP contribution is -2.26. The third kappa shape index (κ3) is 4.24. The van der Waals surface area contributed by atoms with Crippen molar-refractivity contribution in [2.24, 2.45) is 0 Å². The van der Waals surface area contributed by atoms with Gasteiger partial charge in [0.2, 0.25) is 5.88 Å². The van der Waals surface area contributed by atoms with Gasteiger partial charge in [-0.2, -0.15) is 0 Å². The number of nitrogens with zero attached hydrogens (tertiary/aromatic N) is 4. The quantitative estimate of drug-likeness (QED) is 0.670. The smallest absolute Gasteiger partial charge is 0.249 e. The third-order valence-electron chi connectivity index (χ3n) is 4.87. The van der Waals surface area contributed by atoms with Gasteiger partial charge in [-0.05, 0) is 63.0 Å². The Labute approximate surface area is 159 Å². The molecule has 1 fully saturated rings. The molecule has 5 heteroatoms. The van der Waals surface area contributed by atoms with Crippen LogP contribution in [0.15, 0.2) is 48.7 Å². The maximum atomic E-state index is 6.01. The summed E-state index contributed by atoms with van der Waals surface area (Å²) < 4.78 is 6.01. The molecule has 0 bridgehead atoms. The predicted molar refractivity (Wildman–Crippen MR) is 106 cm³/mol. The summed E-state index contributed by atoms with van der Waals surface area (Å²) in [5.41, 5.74) is 2.76. The van der Waals surface area contributed by atoms with E-state index in [2.05, 4.69) is 38.7 Å². The van der Waals surface area contributed by atoms with E-state index in [0.717, 1.165) is 17.5 Å². The van der Waals surface area contributed by atoms with Crippen LogP contribution in [0, 0.1) is 11.8 Å². The number of hydrogen-bond donors (Lipinski definition) is 0. The Morgan fingerprint density at radius 1 is 1.11 bits per heavy atom. The van der Waals surface area contributed by atoms with Gasteiger partial charge < -0.3 is 9.64 Å². The zero-order valence-electron chi connectivity index (χ0n) is 15.4. The Morgan fingerprint density at radius 2 is 2.00 bits per heavy atom. The second-order valence-corrected chi connectivity index (χ2v) is 6.75. The van der Waals surface area contributed by atoms with Gasteiger partial charge in [-0.3, -0.25) is 0 Å². The van der Waals surface area contributed by atoms with Crippen LogP contribution in [0.4, 0.5) is 0 Å². The molecule has 1 aliphatic rings. The largest absolute Gasteiger partial charge is 0.476 e. The van der Waals surface area contributed by atoms with Crippen molar-refractivity contribution in [2.75, 3.05) is 20.2 Å². The van der Waals surface area contributed by atoms with Crippen LogP contribution in [0.2, 0.25) is 0 Å². The average molecular weight is 358 g/mol. The molecule has 0 amide bonds. The summed E-state index contributed by atoms with van der Waals surface area (Å²) in [5, 5.41) is 0. The van der Waals surface area contributed by atoms with Crippen molar-refractivity contribution in [3.8, 4) is 17.7 Å². The van der Waals surface area contributed by atoms with Crippen molar-refractivity contribution in [3.05, 3.63) is 59.9 Å². The number of pyridine rings is 1. The first-order chi connectivity index (χ1) is 13.3. The highest BCUT2D eigenvalue weighted by atomic mass is 16.5. The molecule has 1 atom stereocenters. The minimum atomic E-state index is 0.486. The highest BCUT2D eigenvalue weighted by Gasteiger charge is 2.20. The summed E-state index contributed by atoms with van der Waals surface area (Å²) in [7, 11) is 2.18. The van der Waals surface area contributed by atoms with E-state index >= 15 is 0 Å². The standard InChI is InChI=1S/C22H22N4O/c1-26-15-6-9-18(26)13-16-27-22-20(12-11-17-7-3-2-4-8-17)24-21-19(25-22)10-5-14-23-21/h2-5,7-8,10,14,18H,6,9,13,15-16H2,1H3. The maximum absolute atomic E-state index is 6.01. The van der Waals surface area contributed by atoms with Gasteiger partial charge in [-0.15, -0.1) is 0 Å². The highest BCUT2D eigenvalue weighted by Crippen LogP contribution is 2.20. The summed E-state index contributed by atoms with van der Waals surface area (Å²) >= 11 is 0. The summed E-state index contributed by atoms with van der Waals surface area (Å²) in [6.45, 7) is 1.77. The molecule has 0 N–H and O–H groups in total. The number of hydrogen-bond acceptors (Lipinski definition) is 5. The van der Waals surface area contributed by atoms with E-state index in [1.165, 1.54) is 19.4 Å². The van der Waals surface area contributed by atoms with Gasteiger partial charge in [0.15, 0.2) is 11.3 Å². The van der Waals surface area contributed by atoms with Crippen LogP contribution in [0.3, 0.4) is 0 Å². The van der Waals surface area contributed by atoms with Gasteiger partial charge in [-0.25, -0.2) is 15.0 Å². The monoisotopic (exact) mass is 358 g/mol. The van der Waals surface area contributed by atoms with Gasteiger partial charge in [0.05, 0.1) is 6.61 Å². The fourth-order valence-corrected chi connectivity index (χ4v) is 3.35. The first-order valence-corrected chi connectivity index (χ1v) is 9.32. The predicted octanol–water partition coefficient (Wildman–Crippen LogP) is 3.29. The number of fused-ring (bicyclic) bond motifs is 1. The van der Waals surface area contributed by atoms with E-state index in [1.54, 1.807) is 6.20 Å². The van der Waals surface area contributed by atoms with Crippen LogP contribution in [0.25, 0.3) is 11.2 Å². The molecule has 5 nitrogen and oxygen atoms in total. The van der Waals surface area contributed by atoms with Crippen LogP contribution < -0.4 is 4.74 Å². The zero-order valence-corrected chi connectivity index (χ0v) is 15.4. The van der Waals surface area contributed by atoms with E-state index in [-0.39, 0.29) is 0 Å².